The van der Waals surface area contributed by atoms with E-state index in [1.807, 2.05) is 37.3 Å². The zero-order valence-electron chi connectivity index (χ0n) is 11.3. The van der Waals surface area contributed by atoms with Crippen LogP contribution in [-0.2, 0) is 13.1 Å². The van der Waals surface area contributed by atoms with Gasteiger partial charge >= 0.3 is 0 Å². The van der Waals surface area contributed by atoms with E-state index in [0.717, 1.165) is 22.1 Å². The predicted octanol–water partition coefficient (Wildman–Crippen LogP) is 3.13. The van der Waals surface area contributed by atoms with E-state index in [2.05, 4.69) is 10.3 Å². The van der Waals surface area contributed by atoms with Crippen LogP contribution >= 0.6 is 0 Å². The van der Waals surface area contributed by atoms with Crippen LogP contribution in [0.5, 0.6) is 5.75 Å². The molecule has 4 nitrogen and oxygen atoms in total. The molecule has 0 aliphatic rings. The van der Waals surface area contributed by atoms with Gasteiger partial charge in [-0.15, -0.1) is 0 Å². The molecule has 1 aromatic heterocycles. The van der Waals surface area contributed by atoms with Crippen molar-refractivity contribution in [3.8, 4) is 5.75 Å². The van der Waals surface area contributed by atoms with Crippen molar-refractivity contribution >= 4 is 10.8 Å². The van der Waals surface area contributed by atoms with Gasteiger partial charge in [0.05, 0.1) is 12.7 Å². The monoisotopic (exact) mass is 268 g/mol. The molecule has 0 radical (unpaired) electrons. The minimum atomic E-state index is 0.305. The fourth-order valence-electron chi connectivity index (χ4n) is 2.29. The Morgan fingerprint density at radius 2 is 2.00 bits per heavy atom. The molecule has 102 valence electrons. The molecule has 0 aliphatic carbocycles. The average Bonchev–Trinajstić information content (AvgIpc) is 2.87. The summed E-state index contributed by atoms with van der Waals surface area (Å²) in [6.07, 6.45) is 1.70. The minimum Gasteiger partial charge on any atom is -0.508 e. The normalized spacial score (nSPS) is 11.1. The van der Waals surface area contributed by atoms with E-state index < -0.39 is 0 Å². The molecule has 0 bridgehead atoms. The van der Waals surface area contributed by atoms with Crippen LogP contribution in [0.25, 0.3) is 10.8 Å². The summed E-state index contributed by atoms with van der Waals surface area (Å²) in [7, 11) is 0. The fraction of sp³-hybridized carbons (Fsp3) is 0.188. The lowest BCUT2D eigenvalue weighted by Gasteiger charge is -2.09. The van der Waals surface area contributed by atoms with Crippen molar-refractivity contribution in [1.29, 1.82) is 0 Å². The molecular weight excluding hydrogens is 252 g/mol. The molecule has 2 N–H and O–H groups in total. The van der Waals surface area contributed by atoms with Crippen LogP contribution < -0.4 is 5.32 Å². The Kier molecular flexibility index (Phi) is 3.39. The maximum absolute atomic E-state index is 10.0. The first-order chi connectivity index (χ1) is 9.74. The lowest BCUT2D eigenvalue weighted by atomic mass is 10.0. The number of benzene rings is 2. The molecule has 4 heteroatoms. The molecule has 0 amide bonds. The number of rotatable bonds is 4. The van der Waals surface area contributed by atoms with E-state index in [9.17, 15) is 5.11 Å². The third-order valence-electron chi connectivity index (χ3n) is 3.26. The van der Waals surface area contributed by atoms with E-state index >= 15 is 0 Å². The minimum absolute atomic E-state index is 0.305. The summed E-state index contributed by atoms with van der Waals surface area (Å²) in [4.78, 5) is 4.14. The number of oxazole rings is 1. The molecule has 3 rings (SSSR count). The summed E-state index contributed by atoms with van der Waals surface area (Å²) in [5.41, 5.74) is 0.895. The largest absolute Gasteiger partial charge is 0.508 e. The highest BCUT2D eigenvalue weighted by Gasteiger charge is 2.07. The van der Waals surface area contributed by atoms with Gasteiger partial charge < -0.3 is 14.8 Å². The highest BCUT2D eigenvalue weighted by molar-refractivity contribution is 5.87. The molecule has 0 saturated carbocycles. The van der Waals surface area contributed by atoms with Crippen molar-refractivity contribution in [2.24, 2.45) is 0 Å². The van der Waals surface area contributed by atoms with E-state index in [-0.39, 0.29) is 0 Å². The predicted molar refractivity (Wildman–Crippen MR) is 77.4 cm³/mol. The number of phenolic OH excluding ortho intramolecular Hbond substituents is 1. The van der Waals surface area contributed by atoms with Gasteiger partial charge in [-0.3, -0.25) is 0 Å². The topological polar surface area (TPSA) is 58.3 Å². The Balaban J connectivity index is 1.78. The van der Waals surface area contributed by atoms with E-state index in [0.29, 0.717) is 24.7 Å². The van der Waals surface area contributed by atoms with Gasteiger partial charge in [0.1, 0.15) is 11.5 Å². The van der Waals surface area contributed by atoms with Crippen molar-refractivity contribution in [3.63, 3.8) is 0 Å². The van der Waals surface area contributed by atoms with Gasteiger partial charge in [0, 0.05) is 12.1 Å². The lowest BCUT2D eigenvalue weighted by molar-refractivity contribution is 0.441. The lowest BCUT2D eigenvalue weighted by Crippen LogP contribution is -2.13. The second kappa shape index (κ2) is 5.35. The Bertz CT molecular complexity index is 734. The number of aromatic hydroxyl groups is 1. The summed E-state index contributed by atoms with van der Waals surface area (Å²) in [5, 5.41) is 15.5. The maximum atomic E-state index is 10.0. The van der Waals surface area contributed by atoms with Crippen LogP contribution in [0.3, 0.4) is 0 Å². The van der Waals surface area contributed by atoms with Gasteiger partial charge in [-0.25, -0.2) is 4.98 Å². The first-order valence-corrected chi connectivity index (χ1v) is 6.55. The van der Waals surface area contributed by atoms with E-state index in [4.69, 9.17) is 4.42 Å². The van der Waals surface area contributed by atoms with Gasteiger partial charge in [-0.05, 0) is 23.8 Å². The standard InChI is InChI=1S/C16H16N2O2/c1-11-8-18-16(20-11)10-17-9-14-13-5-3-2-4-12(13)6-7-15(14)19/h2-8,17,19H,9-10H2,1H3. The molecule has 20 heavy (non-hydrogen) atoms. The number of aryl methyl sites for hydroxylation is 1. The zero-order chi connectivity index (χ0) is 13.9. The molecule has 3 aromatic rings. The van der Waals surface area contributed by atoms with Crippen LogP contribution in [0.1, 0.15) is 17.2 Å². The summed E-state index contributed by atoms with van der Waals surface area (Å²) in [5.74, 6) is 1.76. The van der Waals surface area contributed by atoms with Gasteiger partial charge in [0.2, 0.25) is 5.89 Å². The van der Waals surface area contributed by atoms with Gasteiger partial charge in [0.15, 0.2) is 0 Å². The molecule has 0 unspecified atom stereocenters. The third kappa shape index (κ3) is 2.51. The highest BCUT2D eigenvalue weighted by Crippen LogP contribution is 2.26. The molecule has 0 saturated heterocycles. The first kappa shape index (κ1) is 12.7. The van der Waals surface area contributed by atoms with Gasteiger partial charge in [0.25, 0.3) is 0 Å². The molecule has 0 spiro atoms. The van der Waals surface area contributed by atoms with E-state index in [1.54, 1.807) is 12.3 Å². The number of hydrogen-bond donors (Lipinski definition) is 2. The first-order valence-electron chi connectivity index (χ1n) is 6.55. The highest BCUT2D eigenvalue weighted by atomic mass is 16.4. The molecule has 1 heterocycles. The second-order valence-corrected chi connectivity index (χ2v) is 4.75. The Morgan fingerprint density at radius 1 is 1.15 bits per heavy atom. The van der Waals surface area contributed by atoms with Crippen molar-refractivity contribution in [2.45, 2.75) is 20.0 Å². The quantitative estimate of drug-likeness (QED) is 0.763. The third-order valence-corrected chi connectivity index (χ3v) is 3.26. The van der Waals surface area contributed by atoms with Crippen LogP contribution in [0.4, 0.5) is 0 Å². The summed E-state index contributed by atoms with van der Waals surface area (Å²) >= 11 is 0. The number of phenols is 1. The summed E-state index contributed by atoms with van der Waals surface area (Å²) in [6.45, 7) is 2.97. The molecule has 2 aromatic carbocycles. The Morgan fingerprint density at radius 3 is 2.80 bits per heavy atom. The van der Waals surface area contributed by atoms with Crippen molar-refractivity contribution < 1.29 is 9.52 Å². The molecule has 0 atom stereocenters. The molecule has 0 fully saturated rings. The fourth-order valence-corrected chi connectivity index (χ4v) is 2.29. The van der Waals surface area contributed by atoms with Crippen LogP contribution in [0.2, 0.25) is 0 Å². The Labute approximate surface area is 117 Å². The molecular formula is C16H16N2O2. The summed E-state index contributed by atoms with van der Waals surface area (Å²) in [6, 6.07) is 11.7. The van der Waals surface area contributed by atoms with Crippen LogP contribution in [-0.4, -0.2) is 10.1 Å². The van der Waals surface area contributed by atoms with Crippen LogP contribution in [0, 0.1) is 6.92 Å². The number of fused-ring (bicyclic) bond motifs is 1. The number of nitrogens with zero attached hydrogens (tertiary/aromatic N) is 1. The Hall–Kier alpha value is -2.33. The second-order valence-electron chi connectivity index (χ2n) is 4.75. The number of hydrogen-bond acceptors (Lipinski definition) is 4. The van der Waals surface area contributed by atoms with Crippen LogP contribution in [0.15, 0.2) is 47.0 Å². The van der Waals surface area contributed by atoms with Crippen molar-refractivity contribution in [3.05, 3.63) is 59.8 Å². The maximum Gasteiger partial charge on any atom is 0.208 e. The van der Waals surface area contributed by atoms with Crippen molar-refractivity contribution in [1.82, 2.24) is 10.3 Å². The zero-order valence-corrected chi connectivity index (χ0v) is 11.3. The molecule has 0 aliphatic heterocycles. The average molecular weight is 268 g/mol. The smallest absolute Gasteiger partial charge is 0.208 e. The van der Waals surface area contributed by atoms with Gasteiger partial charge in [-0.2, -0.15) is 0 Å². The number of aromatic nitrogens is 1. The SMILES string of the molecule is Cc1cnc(CNCc2c(O)ccc3ccccc23)o1. The van der Waals surface area contributed by atoms with Crippen molar-refractivity contribution in [2.75, 3.05) is 0 Å². The number of nitrogens with one attached hydrogen (secondary N) is 1. The summed E-state index contributed by atoms with van der Waals surface area (Å²) < 4.78 is 5.40. The van der Waals surface area contributed by atoms with E-state index in [1.165, 1.54) is 0 Å². The van der Waals surface area contributed by atoms with Gasteiger partial charge in [-0.1, -0.05) is 30.3 Å².